The van der Waals surface area contributed by atoms with E-state index in [0.717, 1.165) is 12.8 Å². The number of hydrogen-bond donors (Lipinski definition) is 1. The Hall–Kier alpha value is -1.29. The number of para-hydroxylation sites is 1. The predicted octanol–water partition coefficient (Wildman–Crippen LogP) is 4.56. The third kappa shape index (κ3) is 2.43. The molecule has 2 heteroatoms. The lowest BCUT2D eigenvalue weighted by molar-refractivity contribution is 0.925. The molecule has 1 heterocycles. The summed E-state index contributed by atoms with van der Waals surface area (Å²) in [6.07, 6.45) is 2.15. The number of fused-ring (bicyclic) bond motifs is 1. The second-order valence-corrected chi connectivity index (χ2v) is 5.64. The highest BCUT2D eigenvalue weighted by Crippen LogP contribution is 2.18. The molecule has 0 unspecified atom stereocenters. The van der Waals surface area contributed by atoms with Gasteiger partial charge in [0.1, 0.15) is 0 Å². The second kappa shape index (κ2) is 5.14. The van der Waals surface area contributed by atoms with Crippen LogP contribution >= 0.6 is 22.6 Å². The zero-order chi connectivity index (χ0) is 12.4. The van der Waals surface area contributed by atoms with Crippen molar-refractivity contribution in [3.05, 3.63) is 69.4 Å². The zero-order valence-corrected chi connectivity index (χ0v) is 12.1. The van der Waals surface area contributed by atoms with E-state index in [1.807, 2.05) is 0 Å². The van der Waals surface area contributed by atoms with Crippen molar-refractivity contribution in [1.29, 1.82) is 0 Å². The van der Waals surface area contributed by atoms with Gasteiger partial charge < -0.3 is 4.98 Å². The van der Waals surface area contributed by atoms with Crippen molar-refractivity contribution in [2.75, 3.05) is 0 Å². The summed E-state index contributed by atoms with van der Waals surface area (Å²) in [5, 5.41) is 1.30. The Morgan fingerprint density at radius 2 is 1.67 bits per heavy atom. The van der Waals surface area contributed by atoms with Gasteiger partial charge in [-0.1, -0.05) is 36.4 Å². The minimum atomic E-state index is 1.06. The van der Waals surface area contributed by atoms with Gasteiger partial charge in [-0.2, -0.15) is 0 Å². The Labute approximate surface area is 120 Å². The van der Waals surface area contributed by atoms with Crippen LogP contribution in [0.3, 0.4) is 0 Å². The van der Waals surface area contributed by atoms with Crippen LogP contribution < -0.4 is 0 Å². The summed E-state index contributed by atoms with van der Waals surface area (Å²) in [4.78, 5) is 3.48. The number of nitrogens with one attached hydrogen (secondary N) is 1. The highest BCUT2D eigenvalue weighted by atomic mass is 127. The van der Waals surface area contributed by atoms with Crippen LogP contribution in [-0.4, -0.2) is 4.98 Å². The van der Waals surface area contributed by atoms with E-state index in [9.17, 15) is 0 Å². The average Bonchev–Trinajstić information content (AvgIpc) is 2.80. The lowest BCUT2D eigenvalue weighted by Crippen LogP contribution is -1.93. The first-order valence-corrected chi connectivity index (χ1v) is 7.21. The summed E-state index contributed by atoms with van der Waals surface area (Å²) < 4.78 is 1.35. The lowest BCUT2D eigenvalue weighted by Gasteiger charge is -2.02. The molecule has 0 amide bonds. The minimum absolute atomic E-state index is 1.06. The Morgan fingerprint density at radius 3 is 2.50 bits per heavy atom. The minimum Gasteiger partial charge on any atom is -0.358 e. The number of benzene rings is 2. The summed E-state index contributed by atoms with van der Waals surface area (Å²) in [6, 6.07) is 19.3. The molecule has 1 aromatic heterocycles. The number of H-pyrrole nitrogens is 1. The van der Waals surface area contributed by atoms with Crippen LogP contribution in [0.15, 0.2) is 54.6 Å². The van der Waals surface area contributed by atoms with Crippen molar-refractivity contribution in [2.45, 2.75) is 12.8 Å². The van der Waals surface area contributed by atoms with Gasteiger partial charge in [0, 0.05) is 14.8 Å². The monoisotopic (exact) mass is 347 g/mol. The molecule has 1 nitrogen and oxygen atoms in total. The zero-order valence-electron chi connectivity index (χ0n) is 9.99. The summed E-state index contributed by atoms with van der Waals surface area (Å²) >= 11 is 2.41. The van der Waals surface area contributed by atoms with Crippen molar-refractivity contribution >= 4 is 33.5 Å². The Bertz CT molecular complexity index is 636. The summed E-state index contributed by atoms with van der Waals surface area (Å²) in [5.74, 6) is 0. The number of rotatable bonds is 3. The summed E-state index contributed by atoms with van der Waals surface area (Å²) in [5.41, 5.74) is 3.97. The molecule has 0 saturated heterocycles. The molecule has 3 aromatic rings. The number of halogens is 1. The normalized spacial score (nSPS) is 10.9. The molecule has 0 aliphatic rings. The van der Waals surface area contributed by atoms with Gasteiger partial charge in [0.05, 0.1) is 0 Å². The Kier molecular flexibility index (Phi) is 3.37. The predicted molar refractivity (Wildman–Crippen MR) is 84.9 cm³/mol. The molecule has 0 fully saturated rings. The smallest absolute Gasteiger partial charge is 0.0456 e. The van der Waals surface area contributed by atoms with E-state index in [1.165, 1.54) is 25.7 Å². The maximum atomic E-state index is 3.48. The molecule has 0 aliphatic heterocycles. The third-order valence-electron chi connectivity index (χ3n) is 3.21. The van der Waals surface area contributed by atoms with Crippen molar-refractivity contribution in [1.82, 2.24) is 4.98 Å². The molecule has 0 atom stereocenters. The topological polar surface area (TPSA) is 15.8 Å². The quantitative estimate of drug-likeness (QED) is 0.669. The average molecular weight is 347 g/mol. The molecular formula is C16H14IN. The van der Waals surface area contributed by atoms with Gasteiger partial charge in [-0.05, 0) is 64.6 Å². The molecule has 0 radical (unpaired) electrons. The van der Waals surface area contributed by atoms with Gasteiger partial charge >= 0.3 is 0 Å². The van der Waals surface area contributed by atoms with E-state index >= 15 is 0 Å². The van der Waals surface area contributed by atoms with Crippen LogP contribution in [0.2, 0.25) is 0 Å². The Balaban J connectivity index is 1.79. The van der Waals surface area contributed by atoms with Crippen LogP contribution in [0, 0.1) is 3.57 Å². The van der Waals surface area contributed by atoms with Crippen molar-refractivity contribution in [3.8, 4) is 0 Å². The van der Waals surface area contributed by atoms with E-state index in [4.69, 9.17) is 0 Å². The number of hydrogen-bond acceptors (Lipinski definition) is 0. The maximum absolute atomic E-state index is 3.48. The highest BCUT2D eigenvalue weighted by Gasteiger charge is 2.02. The molecule has 0 spiro atoms. The SMILES string of the molecule is Ic1ccccc1CCc1cc2ccccc2[nH]1. The lowest BCUT2D eigenvalue weighted by atomic mass is 10.1. The summed E-state index contributed by atoms with van der Waals surface area (Å²) in [7, 11) is 0. The number of aromatic nitrogens is 1. The number of aryl methyl sites for hydroxylation is 2. The molecule has 0 bridgehead atoms. The van der Waals surface area contributed by atoms with E-state index < -0.39 is 0 Å². The molecule has 90 valence electrons. The summed E-state index contributed by atoms with van der Waals surface area (Å²) in [6.45, 7) is 0. The van der Waals surface area contributed by atoms with Gasteiger partial charge in [-0.3, -0.25) is 0 Å². The largest absolute Gasteiger partial charge is 0.358 e. The van der Waals surface area contributed by atoms with Crippen LogP contribution in [0.4, 0.5) is 0 Å². The third-order valence-corrected chi connectivity index (χ3v) is 4.26. The fraction of sp³-hybridized carbons (Fsp3) is 0.125. The first kappa shape index (κ1) is 11.8. The molecule has 3 rings (SSSR count). The van der Waals surface area contributed by atoms with Gasteiger partial charge in [-0.25, -0.2) is 0 Å². The van der Waals surface area contributed by atoms with Gasteiger partial charge in [-0.15, -0.1) is 0 Å². The fourth-order valence-electron chi connectivity index (χ4n) is 2.24. The molecule has 2 aromatic carbocycles. The molecule has 0 aliphatic carbocycles. The first-order chi connectivity index (χ1) is 8.83. The van der Waals surface area contributed by atoms with Crippen molar-refractivity contribution in [2.24, 2.45) is 0 Å². The number of aromatic amines is 1. The first-order valence-electron chi connectivity index (χ1n) is 6.13. The van der Waals surface area contributed by atoms with Crippen molar-refractivity contribution in [3.63, 3.8) is 0 Å². The van der Waals surface area contributed by atoms with Crippen LogP contribution in [-0.2, 0) is 12.8 Å². The van der Waals surface area contributed by atoms with Crippen molar-refractivity contribution < 1.29 is 0 Å². The Morgan fingerprint density at radius 1 is 0.889 bits per heavy atom. The van der Waals surface area contributed by atoms with Crippen LogP contribution in [0.25, 0.3) is 10.9 Å². The maximum Gasteiger partial charge on any atom is 0.0456 e. The van der Waals surface area contributed by atoms with Crippen LogP contribution in [0.5, 0.6) is 0 Å². The molecular weight excluding hydrogens is 333 g/mol. The van der Waals surface area contributed by atoms with Gasteiger partial charge in [0.25, 0.3) is 0 Å². The van der Waals surface area contributed by atoms with Gasteiger partial charge in [0.15, 0.2) is 0 Å². The van der Waals surface area contributed by atoms with E-state index in [-0.39, 0.29) is 0 Å². The van der Waals surface area contributed by atoms with E-state index in [0.29, 0.717) is 0 Å². The fourth-order valence-corrected chi connectivity index (χ4v) is 2.90. The molecule has 18 heavy (non-hydrogen) atoms. The van der Waals surface area contributed by atoms with Gasteiger partial charge in [0.2, 0.25) is 0 Å². The van der Waals surface area contributed by atoms with E-state index in [2.05, 4.69) is 82.2 Å². The molecule has 1 N–H and O–H groups in total. The van der Waals surface area contributed by atoms with E-state index in [1.54, 1.807) is 0 Å². The standard InChI is InChI=1S/C16H14IN/c17-15-7-3-1-5-12(15)9-10-14-11-13-6-2-4-8-16(13)18-14/h1-8,11,18H,9-10H2. The van der Waals surface area contributed by atoms with Crippen LogP contribution in [0.1, 0.15) is 11.3 Å². The highest BCUT2D eigenvalue weighted by molar-refractivity contribution is 14.1. The molecule has 0 saturated carbocycles. The second-order valence-electron chi connectivity index (χ2n) is 4.47.